The average Bonchev–Trinajstić information content (AvgIpc) is 2.20. The molecule has 18 heavy (non-hydrogen) atoms. The van der Waals surface area contributed by atoms with Gasteiger partial charge >= 0.3 is 5.97 Å². The second-order valence-corrected chi connectivity index (χ2v) is 6.01. The maximum atomic E-state index is 12.0. The molecule has 0 radical (unpaired) electrons. The van der Waals surface area contributed by atoms with Crippen LogP contribution in [0.5, 0.6) is 0 Å². The molecule has 0 saturated carbocycles. The monoisotopic (exact) mass is 266 g/mol. The molecule has 0 aliphatic heterocycles. The molecule has 100 valence electrons. The minimum Gasteiger partial charge on any atom is -0.456 e. The molecule has 0 fully saturated rings. The van der Waals surface area contributed by atoms with E-state index in [2.05, 4.69) is 12.6 Å². The van der Waals surface area contributed by atoms with Gasteiger partial charge in [0, 0.05) is 0 Å². The van der Waals surface area contributed by atoms with Gasteiger partial charge in [-0.2, -0.15) is 12.6 Å². The fourth-order valence-electron chi connectivity index (χ4n) is 1.95. The summed E-state index contributed by atoms with van der Waals surface area (Å²) in [5, 5.41) is 0. The highest BCUT2D eigenvalue weighted by atomic mass is 32.1. The van der Waals surface area contributed by atoms with Crippen LogP contribution in [0, 0.1) is 13.8 Å². The highest BCUT2D eigenvalue weighted by Crippen LogP contribution is 2.20. The number of esters is 1. The van der Waals surface area contributed by atoms with Crippen LogP contribution in [-0.4, -0.2) is 17.3 Å². The third-order valence-electron chi connectivity index (χ3n) is 2.69. The van der Waals surface area contributed by atoms with E-state index in [0.717, 1.165) is 23.3 Å². The molecule has 2 nitrogen and oxygen atoms in total. The number of ether oxygens (including phenoxy) is 1. The first-order valence-electron chi connectivity index (χ1n) is 6.19. The average molecular weight is 266 g/mol. The van der Waals surface area contributed by atoms with Gasteiger partial charge in [-0.3, -0.25) is 0 Å². The van der Waals surface area contributed by atoms with Crippen molar-refractivity contribution in [3.05, 3.63) is 34.4 Å². The summed E-state index contributed by atoms with van der Waals surface area (Å²) in [6, 6.07) is 3.81. The van der Waals surface area contributed by atoms with Crippen LogP contribution in [0.4, 0.5) is 0 Å². The van der Waals surface area contributed by atoms with Crippen molar-refractivity contribution < 1.29 is 9.53 Å². The van der Waals surface area contributed by atoms with Crippen molar-refractivity contribution in [3.8, 4) is 0 Å². The minimum atomic E-state index is -0.456. The summed E-state index contributed by atoms with van der Waals surface area (Å²) in [7, 11) is 0. The zero-order valence-electron chi connectivity index (χ0n) is 11.8. The first-order chi connectivity index (χ1) is 8.24. The van der Waals surface area contributed by atoms with Gasteiger partial charge in [-0.05, 0) is 75.6 Å². The molecular weight excluding hydrogens is 244 g/mol. The van der Waals surface area contributed by atoms with Gasteiger partial charge in [0.05, 0.1) is 5.56 Å². The molecule has 0 heterocycles. The second-order valence-electron chi connectivity index (χ2n) is 5.56. The Morgan fingerprint density at radius 1 is 1.22 bits per heavy atom. The van der Waals surface area contributed by atoms with E-state index < -0.39 is 5.60 Å². The van der Waals surface area contributed by atoms with E-state index in [1.807, 2.05) is 46.8 Å². The Labute approximate surface area is 115 Å². The van der Waals surface area contributed by atoms with Crippen LogP contribution in [0.1, 0.15) is 47.8 Å². The summed E-state index contributed by atoms with van der Waals surface area (Å²) < 4.78 is 5.38. The third kappa shape index (κ3) is 4.05. The predicted molar refractivity (Wildman–Crippen MR) is 78.6 cm³/mol. The fourth-order valence-corrected chi connectivity index (χ4v) is 2.18. The number of thiol groups is 1. The standard InChI is InChI=1S/C15H22O2S/c1-10-8-12(14(16)17-15(3,4)5)9-11(2)13(10)6-7-18/h8-9,18H,6-7H2,1-5H3. The van der Waals surface area contributed by atoms with E-state index in [9.17, 15) is 4.79 Å². The molecule has 0 N–H and O–H groups in total. The Bertz CT molecular complexity index is 421. The van der Waals surface area contributed by atoms with Crippen LogP contribution in [0.25, 0.3) is 0 Å². The summed E-state index contributed by atoms with van der Waals surface area (Å²) in [6.45, 7) is 9.68. The van der Waals surface area contributed by atoms with Crippen molar-refractivity contribution in [1.82, 2.24) is 0 Å². The molecule has 1 aromatic carbocycles. The number of benzene rings is 1. The lowest BCUT2D eigenvalue weighted by molar-refractivity contribution is 0.00693. The van der Waals surface area contributed by atoms with Crippen LogP contribution in [0.3, 0.4) is 0 Å². The molecule has 1 rings (SSSR count). The number of carbonyl (C=O) groups excluding carboxylic acids is 1. The van der Waals surface area contributed by atoms with E-state index in [1.165, 1.54) is 5.56 Å². The molecule has 0 unspecified atom stereocenters. The lowest BCUT2D eigenvalue weighted by Gasteiger charge is -2.20. The van der Waals surface area contributed by atoms with Crippen molar-refractivity contribution >= 4 is 18.6 Å². The molecule has 1 aromatic rings. The maximum Gasteiger partial charge on any atom is 0.338 e. The quantitative estimate of drug-likeness (QED) is 0.666. The maximum absolute atomic E-state index is 12.0. The predicted octanol–water partition coefficient (Wildman–Crippen LogP) is 3.73. The zero-order chi connectivity index (χ0) is 13.9. The second kappa shape index (κ2) is 5.79. The van der Waals surface area contributed by atoms with Gasteiger partial charge in [-0.1, -0.05) is 0 Å². The smallest absolute Gasteiger partial charge is 0.338 e. The molecule has 0 aliphatic rings. The number of rotatable bonds is 3. The lowest BCUT2D eigenvalue weighted by atomic mass is 9.97. The fraction of sp³-hybridized carbons (Fsp3) is 0.533. The molecule has 0 atom stereocenters. The molecule has 3 heteroatoms. The van der Waals surface area contributed by atoms with E-state index in [0.29, 0.717) is 5.56 Å². The molecule has 0 spiro atoms. The Hall–Kier alpha value is -0.960. The first kappa shape index (κ1) is 15.1. The van der Waals surface area contributed by atoms with Gasteiger partial charge in [0.2, 0.25) is 0 Å². The topological polar surface area (TPSA) is 26.3 Å². The van der Waals surface area contributed by atoms with Crippen molar-refractivity contribution in [3.63, 3.8) is 0 Å². The van der Waals surface area contributed by atoms with E-state index >= 15 is 0 Å². The molecule has 0 saturated heterocycles. The summed E-state index contributed by atoms with van der Waals surface area (Å²) >= 11 is 4.26. The van der Waals surface area contributed by atoms with Crippen LogP contribution >= 0.6 is 12.6 Å². The van der Waals surface area contributed by atoms with Gasteiger partial charge in [-0.15, -0.1) is 0 Å². The Morgan fingerprint density at radius 2 is 1.72 bits per heavy atom. The van der Waals surface area contributed by atoms with Crippen molar-refractivity contribution in [2.24, 2.45) is 0 Å². The first-order valence-corrected chi connectivity index (χ1v) is 6.82. The molecule has 0 amide bonds. The number of hydrogen-bond acceptors (Lipinski definition) is 3. The van der Waals surface area contributed by atoms with Gasteiger partial charge in [0.1, 0.15) is 5.60 Å². The Kier molecular flexibility index (Phi) is 4.85. The van der Waals surface area contributed by atoms with Crippen molar-refractivity contribution in [2.75, 3.05) is 5.75 Å². The normalized spacial score (nSPS) is 11.4. The summed E-state index contributed by atoms with van der Waals surface area (Å²) in [5.41, 5.74) is 3.71. The zero-order valence-corrected chi connectivity index (χ0v) is 12.7. The summed E-state index contributed by atoms with van der Waals surface area (Å²) in [6.07, 6.45) is 0.926. The van der Waals surface area contributed by atoms with Crippen LogP contribution in [-0.2, 0) is 11.2 Å². The van der Waals surface area contributed by atoms with Gasteiger partial charge in [-0.25, -0.2) is 4.79 Å². The summed E-state index contributed by atoms with van der Waals surface area (Å²) in [5.74, 6) is 0.555. The number of carbonyl (C=O) groups is 1. The Balaban J connectivity index is 3.03. The van der Waals surface area contributed by atoms with Gasteiger partial charge in [0.15, 0.2) is 0 Å². The van der Waals surface area contributed by atoms with Crippen LogP contribution in [0.15, 0.2) is 12.1 Å². The largest absolute Gasteiger partial charge is 0.456 e. The molecular formula is C15H22O2S. The highest BCUT2D eigenvalue weighted by Gasteiger charge is 2.19. The van der Waals surface area contributed by atoms with Crippen LogP contribution < -0.4 is 0 Å². The van der Waals surface area contributed by atoms with Gasteiger partial charge < -0.3 is 4.74 Å². The van der Waals surface area contributed by atoms with E-state index in [4.69, 9.17) is 4.74 Å². The van der Waals surface area contributed by atoms with Crippen LogP contribution in [0.2, 0.25) is 0 Å². The SMILES string of the molecule is Cc1cc(C(=O)OC(C)(C)C)cc(C)c1CCS. The highest BCUT2D eigenvalue weighted by molar-refractivity contribution is 7.80. The minimum absolute atomic E-state index is 0.258. The lowest BCUT2D eigenvalue weighted by Crippen LogP contribution is -2.24. The number of hydrogen-bond donors (Lipinski definition) is 1. The number of aryl methyl sites for hydroxylation is 2. The Morgan fingerprint density at radius 3 is 2.11 bits per heavy atom. The van der Waals surface area contributed by atoms with E-state index in [1.54, 1.807) is 0 Å². The summed E-state index contributed by atoms with van der Waals surface area (Å²) in [4.78, 5) is 12.0. The van der Waals surface area contributed by atoms with E-state index in [-0.39, 0.29) is 5.97 Å². The van der Waals surface area contributed by atoms with Crippen molar-refractivity contribution in [1.29, 1.82) is 0 Å². The van der Waals surface area contributed by atoms with Gasteiger partial charge in [0.25, 0.3) is 0 Å². The molecule has 0 aliphatic carbocycles. The molecule has 0 aromatic heterocycles. The van der Waals surface area contributed by atoms with Crippen molar-refractivity contribution in [2.45, 2.75) is 46.6 Å². The third-order valence-corrected chi connectivity index (χ3v) is 2.92. The molecule has 0 bridgehead atoms.